The van der Waals surface area contributed by atoms with Crippen LogP contribution >= 0.6 is 11.6 Å². The Morgan fingerprint density at radius 3 is 2.68 bits per heavy atom. The minimum atomic E-state index is -0.353. The number of halogens is 1. The molecule has 0 unspecified atom stereocenters. The van der Waals surface area contributed by atoms with Crippen molar-refractivity contribution < 1.29 is 19.1 Å². The molecule has 0 aromatic heterocycles. The van der Waals surface area contributed by atoms with E-state index in [1.807, 2.05) is 6.07 Å². The second-order valence-corrected chi connectivity index (χ2v) is 7.01. The largest absolute Gasteiger partial charge is 0.484 e. The Morgan fingerprint density at radius 2 is 1.96 bits per heavy atom. The summed E-state index contributed by atoms with van der Waals surface area (Å²) in [5.41, 5.74) is 2.59. The van der Waals surface area contributed by atoms with Crippen LogP contribution in [0.25, 0.3) is 0 Å². The summed E-state index contributed by atoms with van der Waals surface area (Å²) in [6.07, 6.45) is 1.07. The summed E-state index contributed by atoms with van der Waals surface area (Å²) >= 11 is 6.14. The molecule has 2 aromatic carbocycles. The minimum Gasteiger partial charge on any atom is -0.484 e. The summed E-state index contributed by atoms with van der Waals surface area (Å²) in [5, 5.41) is 5.74. The fourth-order valence-electron chi connectivity index (χ4n) is 2.80. The SMILES string of the molecule is CN(C)C(=O)c1ccc(NC(=O)COc2ccc3c(c2)CCC(=O)N3)cc1Cl. The molecule has 0 radical (unpaired) electrons. The van der Waals surface area contributed by atoms with Crippen LogP contribution in [-0.4, -0.2) is 43.3 Å². The van der Waals surface area contributed by atoms with Crippen molar-refractivity contribution in [2.45, 2.75) is 12.8 Å². The van der Waals surface area contributed by atoms with Gasteiger partial charge in [0.15, 0.2) is 6.61 Å². The number of aryl methyl sites for hydroxylation is 1. The molecule has 8 heteroatoms. The van der Waals surface area contributed by atoms with Gasteiger partial charge in [-0.2, -0.15) is 0 Å². The Kier molecular flexibility index (Phi) is 5.84. The topological polar surface area (TPSA) is 87.7 Å². The summed E-state index contributed by atoms with van der Waals surface area (Å²) < 4.78 is 5.54. The lowest BCUT2D eigenvalue weighted by molar-refractivity contribution is -0.118. The average Bonchev–Trinajstić information content (AvgIpc) is 2.66. The van der Waals surface area contributed by atoms with Crippen LogP contribution in [0.1, 0.15) is 22.3 Å². The Morgan fingerprint density at radius 1 is 1.18 bits per heavy atom. The van der Waals surface area contributed by atoms with E-state index in [9.17, 15) is 14.4 Å². The van der Waals surface area contributed by atoms with Crippen LogP contribution < -0.4 is 15.4 Å². The molecule has 0 saturated heterocycles. The number of anilines is 2. The fourth-order valence-corrected chi connectivity index (χ4v) is 3.06. The fraction of sp³-hybridized carbons (Fsp3) is 0.250. The molecule has 0 spiro atoms. The Hall–Kier alpha value is -3.06. The number of nitrogens with one attached hydrogen (secondary N) is 2. The molecule has 2 aromatic rings. The molecular weight excluding hydrogens is 382 g/mol. The van der Waals surface area contributed by atoms with E-state index in [0.717, 1.165) is 11.3 Å². The first kappa shape index (κ1) is 19.7. The second-order valence-electron chi connectivity index (χ2n) is 6.60. The molecule has 0 fully saturated rings. The maximum Gasteiger partial charge on any atom is 0.262 e. The van der Waals surface area contributed by atoms with Crippen LogP contribution in [-0.2, 0) is 16.0 Å². The number of carbonyl (C=O) groups is 3. The molecule has 1 aliphatic rings. The highest BCUT2D eigenvalue weighted by Crippen LogP contribution is 2.27. The van der Waals surface area contributed by atoms with Crippen LogP contribution in [0.3, 0.4) is 0 Å². The van der Waals surface area contributed by atoms with E-state index in [1.54, 1.807) is 38.4 Å². The van der Waals surface area contributed by atoms with Crippen LogP contribution in [0.5, 0.6) is 5.75 Å². The molecule has 1 aliphatic heterocycles. The third-order valence-electron chi connectivity index (χ3n) is 4.23. The van der Waals surface area contributed by atoms with Gasteiger partial charge >= 0.3 is 0 Å². The van der Waals surface area contributed by atoms with Crippen LogP contribution in [0.2, 0.25) is 5.02 Å². The minimum absolute atomic E-state index is 0.00231. The van der Waals surface area contributed by atoms with Crippen LogP contribution in [0, 0.1) is 0 Å². The summed E-state index contributed by atoms with van der Waals surface area (Å²) in [6, 6.07) is 10.00. The molecule has 0 bridgehead atoms. The van der Waals surface area contributed by atoms with Gasteiger partial charge in [0.2, 0.25) is 5.91 Å². The first-order chi connectivity index (χ1) is 13.3. The lowest BCUT2D eigenvalue weighted by atomic mass is 10.0. The van der Waals surface area contributed by atoms with E-state index in [1.165, 1.54) is 11.0 Å². The molecule has 0 aliphatic carbocycles. The molecule has 2 N–H and O–H groups in total. The number of hydrogen-bond acceptors (Lipinski definition) is 4. The normalized spacial score (nSPS) is 12.6. The van der Waals surface area contributed by atoms with Crippen molar-refractivity contribution in [3.05, 3.63) is 52.5 Å². The number of benzene rings is 2. The van der Waals surface area contributed by atoms with E-state index in [0.29, 0.717) is 29.8 Å². The van der Waals surface area contributed by atoms with Gasteiger partial charge in [0, 0.05) is 31.9 Å². The van der Waals surface area contributed by atoms with Gasteiger partial charge in [-0.1, -0.05) is 11.6 Å². The highest BCUT2D eigenvalue weighted by molar-refractivity contribution is 6.34. The monoisotopic (exact) mass is 401 g/mol. The van der Waals surface area contributed by atoms with Gasteiger partial charge in [0.1, 0.15) is 5.75 Å². The summed E-state index contributed by atoms with van der Waals surface area (Å²) in [4.78, 5) is 37.0. The van der Waals surface area contributed by atoms with Gasteiger partial charge in [-0.25, -0.2) is 0 Å². The highest BCUT2D eigenvalue weighted by atomic mass is 35.5. The molecular formula is C20H20ClN3O4. The average molecular weight is 402 g/mol. The third kappa shape index (κ3) is 4.61. The zero-order valence-electron chi connectivity index (χ0n) is 15.5. The van der Waals surface area contributed by atoms with E-state index in [-0.39, 0.29) is 29.4 Å². The number of ether oxygens (including phenoxy) is 1. The third-order valence-corrected chi connectivity index (χ3v) is 4.54. The lowest BCUT2D eigenvalue weighted by Gasteiger charge is -2.17. The summed E-state index contributed by atoms with van der Waals surface area (Å²) in [7, 11) is 3.28. The van der Waals surface area contributed by atoms with Crippen molar-refractivity contribution in [3.63, 3.8) is 0 Å². The molecule has 28 heavy (non-hydrogen) atoms. The van der Waals surface area contributed by atoms with Gasteiger partial charge in [-0.3, -0.25) is 14.4 Å². The van der Waals surface area contributed by atoms with Crippen molar-refractivity contribution >= 4 is 40.7 Å². The van der Waals surface area contributed by atoms with Crippen molar-refractivity contribution in [2.24, 2.45) is 0 Å². The maximum atomic E-state index is 12.1. The van der Waals surface area contributed by atoms with Crippen molar-refractivity contribution in [1.82, 2.24) is 4.90 Å². The first-order valence-electron chi connectivity index (χ1n) is 8.70. The molecule has 0 saturated carbocycles. The zero-order valence-corrected chi connectivity index (χ0v) is 16.3. The predicted molar refractivity (Wildman–Crippen MR) is 107 cm³/mol. The molecule has 3 rings (SSSR count). The molecule has 0 atom stereocenters. The Bertz CT molecular complexity index is 943. The molecule has 3 amide bonds. The van der Waals surface area contributed by atoms with Gasteiger partial charge < -0.3 is 20.3 Å². The predicted octanol–water partition coefficient (Wildman–Crippen LogP) is 2.94. The maximum absolute atomic E-state index is 12.1. The number of carbonyl (C=O) groups excluding carboxylic acids is 3. The van der Waals surface area contributed by atoms with Gasteiger partial charge in [-0.05, 0) is 48.4 Å². The van der Waals surface area contributed by atoms with Crippen LogP contribution in [0.15, 0.2) is 36.4 Å². The lowest BCUT2D eigenvalue weighted by Crippen LogP contribution is -2.23. The number of nitrogens with zero attached hydrogens (tertiary/aromatic N) is 1. The highest BCUT2D eigenvalue weighted by Gasteiger charge is 2.16. The molecule has 146 valence electrons. The van der Waals surface area contributed by atoms with Crippen molar-refractivity contribution in [3.8, 4) is 5.75 Å². The standard InChI is InChI=1S/C20H20ClN3O4/c1-24(2)20(27)15-6-4-13(10-16(15)21)22-19(26)11-28-14-5-7-17-12(9-14)3-8-18(25)23-17/h4-7,9-10H,3,8,11H2,1-2H3,(H,22,26)(H,23,25). The second kappa shape index (κ2) is 8.31. The Balaban J connectivity index is 1.58. The van der Waals surface area contributed by atoms with Crippen LogP contribution in [0.4, 0.5) is 11.4 Å². The van der Waals surface area contributed by atoms with Gasteiger partial charge in [0.05, 0.1) is 10.6 Å². The first-order valence-corrected chi connectivity index (χ1v) is 9.08. The summed E-state index contributed by atoms with van der Waals surface area (Å²) in [6.45, 7) is -0.179. The van der Waals surface area contributed by atoms with Gasteiger partial charge in [0.25, 0.3) is 11.8 Å². The number of amides is 3. The number of hydrogen-bond donors (Lipinski definition) is 2. The Labute approximate surface area is 167 Å². The van der Waals surface area contributed by atoms with Crippen molar-refractivity contribution in [1.29, 1.82) is 0 Å². The van der Waals surface area contributed by atoms with E-state index < -0.39 is 0 Å². The summed E-state index contributed by atoms with van der Waals surface area (Å²) in [5.74, 6) is -0.0175. The number of rotatable bonds is 5. The number of fused-ring (bicyclic) bond motifs is 1. The van der Waals surface area contributed by atoms with Gasteiger partial charge in [-0.15, -0.1) is 0 Å². The van der Waals surface area contributed by atoms with Crippen molar-refractivity contribution in [2.75, 3.05) is 31.3 Å². The smallest absolute Gasteiger partial charge is 0.262 e. The van der Waals surface area contributed by atoms with E-state index in [4.69, 9.17) is 16.3 Å². The van der Waals surface area contributed by atoms with E-state index in [2.05, 4.69) is 10.6 Å². The molecule has 1 heterocycles. The zero-order chi connectivity index (χ0) is 20.3. The quantitative estimate of drug-likeness (QED) is 0.806. The molecule has 7 nitrogen and oxygen atoms in total. The van der Waals surface area contributed by atoms with E-state index >= 15 is 0 Å².